The molecule has 0 aromatic carbocycles. The number of thioether (sulfide) groups is 1. The lowest BCUT2D eigenvalue weighted by Gasteiger charge is -2.23. The van der Waals surface area contributed by atoms with E-state index in [-0.39, 0.29) is 24.9 Å². The first-order chi connectivity index (χ1) is 13.9. The van der Waals surface area contributed by atoms with Gasteiger partial charge in [-0.05, 0) is 36.5 Å². The van der Waals surface area contributed by atoms with E-state index in [1.807, 2.05) is 6.92 Å². The molecule has 0 bridgehead atoms. The Hall–Kier alpha value is -2.18. The fourth-order valence-corrected chi connectivity index (χ4v) is 3.17. The topological polar surface area (TPSA) is 140 Å². The highest BCUT2D eigenvalue weighted by molar-refractivity contribution is 8.22. The molecule has 4 atom stereocenters. The number of carbonyl (C=O) groups is 1. The molecule has 1 N–H and O–H groups in total. The van der Waals surface area contributed by atoms with Crippen molar-refractivity contribution < 1.29 is 19.0 Å². The Morgan fingerprint density at radius 2 is 2.31 bits per heavy atom. The van der Waals surface area contributed by atoms with Gasteiger partial charge in [-0.2, -0.15) is 4.98 Å². The van der Waals surface area contributed by atoms with Gasteiger partial charge in [0, 0.05) is 18.0 Å². The van der Waals surface area contributed by atoms with Gasteiger partial charge < -0.3 is 19.5 Å². The van der Waals surface area contributed by atoms with E-state index in [0.717, 1.165) is 0 Å². The summed E-state index contributed by atoms with van der Waals surface area (Å²) < 4.78 is 18.8. The maximum absolute atomic E-state index is 12.5. The number of nitrogens with zero attached hydrogens (tertiary/aromatic N) is 5. The van der Waals surface area contributed by atoms with Gasteiger partial charge >= 0.3 is 5.69 Å². The van der Waals surface area contributed by atoms with E-state index < -0.39 is 30.2 Å². The predicted molar refractivity (Wildman–Crippen MR) is 112 cm³/mol. The average molecular weight is 443 g/mol. The first-order valence-corrected chi connectivity index (χ1v) is 10.4. The van der Waals surface area contributed by atoms with Gasteiger partial charge in [0.25, 0.3) is 0 Å². The van der Waals surface area contributed by atoms with E-state index in [0.29, 0.717) is 10.8 Å². The number of anilines is 1. The van der Waals surface area contributed by atoms with Crippen LogP contribution in [0.25, 0.3) is 10.4 Å². The first kappa shape index (κ1) is 23.1. The molecule has 29 heavy (non-hydrogen) atoms. The summed E-state index contributed by atoms with van der Waals surface area (Å²) in [5.41, 5.74) is 8.31. The summed E-state index contributed by atoms with van der Waals surface area (Å²) in [6.45, 7) is 3.56. The molecule has 1 aromatic heterocycles. The molecule has 2 heterocycles. The lowest BCUT2D eigenvalue weighted by atomic mass is 10.1. The smallest absolute Gasteiger partial charge is 0.351 e. The number of thiocarbonyl (C=S) groups is 1. The third-order valence-electron chi connectivity index (χ3n) is 4.09. The molecular weight excluding hydrogens is 420 g/mol. The zero-order valence-corrected chi connectivity index (χ0v) is 17.8. The second-order valence-corrected chi connectivity index (χ2v) is 7.40. The van der Waals surface area contributed by atoms with Crippen molar-refractivity contribution >= 4 is 40.1 Å². The van der Waals surface area contributed by atoms with Crippen molar-refractivity contribution in [2.24, 2.45) is 5.11 Å². The standard InChI is InChI=1S/C16H22N6O5S2/c1-4-10-12(20-21-17)13(25-7-8-26-16(28)29-3)14(27-10)22-6-5-11(18-9(2)23)19-15(22)24/h5-6,10,12-14H,4,7-8H2,1-3H3,(H,18,19,23,24)/t10-,12-,13-,14-/m1/s1. The number of hydrogen-bond acceptors (Lipinski definition) is 9. The van der Waals surface area contributed by atoms with Gasteiger partial charge in [-0.15, -0.1) is 0 Å². The third kappa shape index (κ3) is 6.15. The Balaban J connectivity index is 2.24. The fraction of sp³-hybridized carbons (Fsp3) is 0.625. The van der Waals surface area contributed by atoms with E-state index in [2.05, 4.69) is 20.3 Å². The lowest BCUT2D eigenvalue weighted by Crippen LogP contribution is -2.37. The van der Waals surface area contributed by atoms with Crippen molar-refractivity contribution in [3.8, 4) is 0 Å². The van der Waals surface area contributed by atoms with Crippen LogP contribution in [0.2, 0.25) is 0 Å². The molecule has 1 amide bonds. The Bertz CT molecular complexity index is 843. The maximum atomic E-state index is 12.5. The minimum atomic E-state index is -0.852. The summed E-state index contributed by atoms with van der Waals surface area (Å²) in [4.78, 5) is 30.4. The normalized spacial score (nSPS) is 23.3. The van der Waals surface area contributed by atoms with Crippen molar-refractivity contribution in [1.29, 1.82) is 0 Å². The summed E-state index contributed by atoms with van der Waals surface area (Å²) in [7, 11) is 0. The van der Waals surface area contributed by atoms with Crippen LogP contribution in [0, 0.1) is 0 Å². The summed E-state index contributed by atoms with van der Waals surface area (Å²) in [5, 5.41) is 6.27. The largest absolute Gasteiger partial charge is 0.476 e. The first-order valence-electron chi connectivity index (χ1n) is 8.80. The molecule has 2 rings (SSSR count). The van der Waals surface area contributed by atoms with Crippen LogP contribution < -0.4 is 11.0 Å². The van der Waals surface area contributed by atoms with E-state index in [1.54, 1.807) is 6.26 Å². The second kappa shape index (κ2) is 11.1. The minimum absolute atomic E-state index is 0.131. The fourth-order valence-electron chi connectivity index (χ4n) is 2.88. The number of rotatable bonds is 8. The van der Waals surface area contributed by atoms with Crippen LogP contribution in [0.4, 0.5) is 5.82 Å². The number of carbonyl (C=O) groups excluding carboxylic acids is 1. The molecular formula is C16H22N6O5S2. The number of aromatic nitrogens is 2. The van der Waals surface area contributed by atoms with Crippen LogP contribution in [0.1, 0.15) is 26.5 Å². The van der Waals surface area contributed by atoms with Crippen molar-refractivity contribution in [3.63, 3.8) is 0 Å². The SMILES string of the molecule is CC[C@H]1O[C@@H](n2ccc(NC(C)=O)nc2=O)[C@H](OCCOC(=S)SC)[C@@H]1N=[N+]=[N-]. The monoisotopic (exact) mass is 442 g/mol. The van der Waals surface area contributed by atoms with E-state index in [1.165, 1.54) is 35.5 Å². The predicted octanol–water partition coefficient (Wildman–Crippen LogP) is 2.24. The molecule has 1 fully saturated rings. The molecule has 1 aliphatic rings. The Morgan fingerprint density at radius 1 is 1.55 bits per heavy atom. The van der Waals surface area contributed by atoms with Crippen molar-refractivity contribution in [3.05, 3.63) is 33.2 Å². The molecule has 11 nitrogen and oxygen atoms in total. The number of ether oxygens (including phenoxy) is 3. The van der Waals surface area contributed by atoms with E-state index in [9.17, 15) is 9.59 Å². The number of hydrogen-bond donors (Lipinski definition) is 1. The summed E-state index contributed by atoms with van der Waals surface area (Å²) in [6, 6.07) is 0.842. The maximum Gasteiger partial charge on any atom is 0.351 e. The van der Waals surface area contributed by atoms with Gasteiger partial charge in [0.05, 0.1) is 18.8 Å². The third-order valence-corrected chi connectivity index (χ3v) is 5.16. The number of azide groups is 1. The quantitative estimate of drug-likeness (QED) is 0.212. The van der Waals surface area contributed by atoms with Crippen LogP contribution in [0.5, 0.6) is 0 Å². The van der Waals surface area contributed by atoms with Crippen LogP contribution in [-0.2, 0) is 19.0 Å². The zero-order chi connectivity index (χ0) is 21.4. The van der Waals surface area contributed by atoms with Crippen molar-refractivity contribution in [1.82, 2.24) is 9.55 Å². The average Bonchev–Trinajstić information content (AvgIpc) is 3.02. The Morgan fingerprint density at radius 3 is 2.90 bits per heavy atom. The van der Waals surface area contributed by atoms with Crippen LogP contribution in [0.3, 0.4) is 0 Å². The molecule has 1 aromatic rings. The van der Waals surface area contributed by atoms with Gasteiger partial charge in [0.2, 0.25) is 10.3 Å². The molecule has 13 heteroatoms. The van der Waals surface area contributed by atoms with Crippen molar-refractivity contribution in [2.45, 2.75) is 44.7 Å². The van der Waals surface area contributed by atoms with Gasteiger partial charge in [-0.3, -0.25) is 9.36 Å². The lowest BCUT2D eigenvalue weighted by molar-refractivity contribution is -0.114. The Labute approximate surface area is 176 Å². The number of amides is 1. The summed E-state index contributed by atoms with van der Waals surface area (Å²) >= 11 is 6.28. The van der Waals surface area contributed by atoms with Gasteiger partial charge in [-0.25, -0.2) is 4.79 Å². The van der Waals surface area contributed by atoms with Crippen LogP contribution in [0.15, 0.2) is 22.2 Å². The van der Waals surface area contributed by atoms with E-state index >= 15 is 0 Å². The van der Waals surface area contributed by atoms with Gasteiger partial charge in [-0.1, -0.05) is 23.8 Å². The number of nitrogens with one attached hydrogen (secondary N) is 1. The molecule has 0 spiro atoms. The van der Waals surface area contributed by atoms with E-state index in [4.69, 9.17) is 32.0 Å². The molecule has 0 saturated carbocycles. The Kier molecular flexibility index (Phi) is 8.86. The molecule has 0 radical (unpaired) electrons. The van der Waals surface area contributed by atoms with Crippen LogP contribution in [-0.4, -0.2) is 57.6 Å². The van der Waals surface area contributed by atoms with Gasteiger partial charge in [0.1, 0.15) is 18.5 Å². The highest BCUT2D eigenvalue weighted by Crippen LogP contribution is 2.34. The van der Waals surface area contributed by atoms with Gasteiger partial charge in [0.15, 0.2) is 6.23 Å². The highest BCUT2D eigenvalue weighted by Gasteiger charge is 2.45. The molecule has 1 aliphatic heterocycles. The minimum Gasteiger partial charge on any atom is -0.476 e. The molecule has 158 valence electrons. The molecule has 0 unspecified atom stereocenters. The molecule has 1 saturated heterocycles. The highest BCUT2D eigenvalue weighted by atomic mass is 32.2. The second-order valence-electron chi connectivity index (χ2n) is 5.99. The van der Waals surface area contributed by atoms with Crippen molar-refractivity contribution in [2.75, 3.05) is 24.8 Å². The van der Waals surface area contributed by atoms with Crippen LogP contribution >= 0.6 is 24.0 Å². The zero-order valence-electron chi connectivity index (χ0n) is 16.2. The molecule has 0 aliphatic carbocycles. The summed E-state index contributed by atoms with van der Waals surface area (Å²) in [5.74, 6) is -0.211. The summed E-state index contributed by atoms with van der Waals surface area (Å²) in [6.07, 6.45) is 1.79.